The fraction of sp³-hybridized carbons (Fsp3) is 0.947. The summed E-state index contributed by atoms with van der Waals surface area (Å²) in [5.41, 5.74) is 0. The maximum Gasteiger partial charge on any atom is 0.472 e. The van der Waals surface area contributed by atoms with Gasteiger partial charge in [-0.05, 0) is 37.5 Å². The molecule has 17 nitrogen and oxygen atoms in total. The molecule has 0 amide bonds. The van der Waals surface area contributed by atoms with E-state index < -0.39 is 97.5 Å². The van der Waals surface area contributed by atoms with E-state index in [2.05, 4.69) is 41.5 Å². The third-order valence-corrected chi connectivity index (χ3v) is 19.6. The van der Waals surface area contributed by atoms with Crippen molar-refractivity contribution in [1.82, 2.24) is 0 Å². The van der Waals surface area contributed by atoms with E-state index in [1.807, 2.05) is 0 Å². The summed E-state index contributed by atoms with van der Waals surface area (Å²) in [5.74, 6) is -0.607. The number of carbonyl (C=O) groups excluding carboxylic acids is 4. The molecule has 0 aromatic heterocycles. The molecular formula is C76H148O17P2. The standard InChI is InChI=1S/C76H148O17P2/c1-7-9-11-13-15-17-19-20-21-22-23-24-25-29-36-42-48-54-60-75(80)92-71(64-87-74(79)59-53-47-41-35-30-26-28-32-38-44-50-56-68(3)4)66-90-94(82,83)88-62-70(77)63-89-95(84,85)91-67-72(65-86-73(78)58-52-46-40-34-27-18-16-14-12-10-8-2)93-76(81)61-55-49-43-37-31-33-39-45-51-57-69(5)6/h68-72,77H,7-67H2,1-6H3,(H,82,83)(H,84,85)/t70-,71-,72-/m1/s1. The van der Waals surface area contributed by atoms with Gasteiger partial charge in [-0.1, -0.05) is 343 Å². The van der Waals surface area contributed by atoms with Crippen LogP contribution in [0.1, 0.15) is 395 Å². The van der Waals surface area contributed by atoms with Crippen molar-refractivity contribution in [1.29, 1.82) is 0 Å². The predicted octanol–water partition coefficient (Wildman–Crippen LogP) is 22.3. The van der Waals surface area contributed by atoms with E-state index in [0.717, 1.165) is 102 Å². The Hall–Kier alpha value is -1.94. The average Bonchev–Trinajstić information content (AvgIpc) is 1.32. The second-order valence-electron chi connectivity index (χ2n) is 28.3. The van der Waals surface area contributed by atoms with Crippen LogP contribution in [0.3, 0.4) is 0 Å². The van der Waals surface area contributed by atoms with Gasteiger partial charge in [-0.3, -0.25) is 37.3 Å². The van der Waals surface area contributed by atoms with E-state index in [9.17, 15) is 43.2 Å². The minimum Gasteiger partial charge on any atom is -0.462 e. The molecule has 0 bridgehead atoms. The minimum atomic E-state index is -4.96. The highest BCUT2D eigenvalue weighted by atomic mass is 31.2. The molecule has 0 saturated heterocycles. The molecule has 95 heavy (non-hydrogen) atoms. The number of unbranched alkanes of at least 4 members (excludes halogenated alkanes) is 45. The molecule has 2 unspecified atom stereocenters. The van der Waals surface area contributed by atoms with Gasteiger partial charge < -0.3 is 33.8 Å². The smallest absolute Gasteiger partial charge is 0.462 e. The number of esters is 4. The second kappa shape index (κ2) is 67.9. The topological polar surface area (TPSA) is 237 Å². The number of ether oxygens (including phenoxy) is 4. The fourth-order valence-electron chi connectivity index (χ4n) is 11.7. The Labute approximate surface area is 581 Å². The van der Waals surface area contributed by atoms with E-state index in [1.54, 1.807) is 0 Å². The number of aliphatic hydroxyl groups excluding tert-OH is 1. The van der Waals surface area contributed by atoms with Crippen molar-refractivity contribution < 1.29 is 80.2 Å². The normalized spacial score (nSPS) is 14.0. The Morgan fingerprint density at radius 1 is 0.284 bits per heavy atom. The molecule has 0 aliphatic carbocycles. The van der Waals surface area contributed by atoms with Gasteiger partial charge in [-0.25, -0.2) is 9.13 Å². The van der Waals surface area contributed by atoms with Crippen LogP contribution < -0.4 is 0 Å². The Kier molecular flexibility index (Phi) is 66.5. The number of aliphatic hydroxyl groups is 1. The van der Waals surface area contributed by atoms with Gasteiger partial charge in [-0.2, -0.15) is 0 Å². The van der Waals surface area contributed by atoms with Gasteiger partial charge in [0, 0.05) is 25.7 Å². The van der Waals surface area contributed by atoms with Crippen LogP contribution in [0.2, 0.25) is 0 Å². The minimum absolute atomic E-state index is 0.106. The number of hydrogen-bond acceptors (Lipinski definition) is 15. The molecule has 3 N–H and O–H groups in total. The first-order chi connectivity index (χ1) is 45.9. The van der Waals surface area contributed by atoms with Crippen molar-refractivity contribution in [2.45, 2.75) is 413 Å². The van der Waals surface area contributed by atoms with Crippen LogP contribution in [-0.4, -0.2) is 96.7 Å². The molecule has 5 atom stereocenters. The molecule has 0 spiro atoms. The van der Waals surface area contributed by atoms with Crippen molar-refractivity contribution in [3.8, 4) is 0 Å². The predicted molar refractivity (Wildman–Crippen MR) is 386 cm³/mol. The molecule has 0 radical (unpaired) electrons. The highest BCUT2D eigenvalue weighted by Crippen LogP contribution is 2.45. The maximum absolute atomic E-state index is 13.1. The lowest BCUT2D eigenvalue weighted by molar-refractivity contribution is -0.161. The van der Waals surface area contributed by atoms with Gasteiger partial charge in [0.15, 0.2) is 12.2 Å². The lowest BCUT2D eigenvalue weighted by Gasteiger charge is -2.21. The highest BCUT2D eigenvalue weighted by molar-refractivity contribution is 7.47. The number of carbonyl (C=O) groups is 4. The van der Waals surface area contributed by atoms with Gasteiger partial charge in [0.2, 0.25) is 0 Å². The van der Waals surface area contributed by atoms with Gasteiger partial charge in [-0.15, -0.1) is 0 Å². The number of hydrogen-bond donors (Lipinski definition) is 3. The first-order valence-corrected chi connectivity index (χ1v) is 42.5. The Bertz CT molecular complexity index is 1840. The summed E-state index contributed by atoms with van der Waals surface area (Å²) < 4.78 is 68.5. The second-order valence-corrected chi connectivity index (χ2v) is 31.3. The zero-order chi connectivity index (χ0) is 70.0. The van der Waals surface area contributed by atoms with Crippen molar-refractivity contribution in [2.24, 2.45) is 11.8 Å². The van der Waals surface area contributed by atoms with Crippen LogP contribution in [0, 0.1) is 11.8 Å². The van der Waals surface area contributed by atoms with Crippen LogP contribution >= 0.6 is 15.6 Å². The monoisotopic (exact) mass is 1400 g/mol. The SMILES string of the molecule is CCCCCCCCCCCCCCCCCCCCC(=O)O[C@H](COC(=O)CCCCCCCCCCCCCC(C)C)COP(=O)(O)OC[C@@H](O)COP(=O)(O)OC[C@@H](COC(=O)CCCCCCCCCCCCC)OC(=O)CCCCCCCCCCCC(C)C. The molecule has 0 aromatic rings. The summed E-state index contributed by atoms with van der Waals surface area (Å²) in [6.45, 7) is 9.58. The van der Waals surface area contributed by atoms with E-state index in [0.29, 0.717) is 25.7 Å². The van der Waals surface area contributed by atoms with E-state index in [4.69, 9.17) is 37.0 Å². The number of rotatable bonds is 75. The molecule has 564 valence electrons. The first-order valence-electron chi connectivity index (χ1n) is 39.5. The molecule has 0 saturated carbocycles. The van der Waals surface area contributed by atoms with Crippen LogP contribution in [0.15, 0.2) is 0 Å². The molecule has 0 rings (SSSR count). The molecule has 0 aliphatic rings. The van der Waals surface area contributed by atoms with Crippen molar-refractivity contribution >= 4 is 39.5 Å². The van der Waals surface area contributed by atoms with E-state index in [1.165, 1.54) is 212 Å². The molecular weight excluding hydrogens is 1250 g/mol. The largest absolute Gasteiger partial charge is 0.472 e. The maximum atomic E-state index is 13.1. The summed E-state index contributed by atoms with van der Waals surface area (Å²) in [4.78, 5) is 72.8. The van der Waals surface area contributed by atoms with Gasteiger partial charge in [0.25, 0.3) is 0 Å². The lowest BCUT2D eigenvalue weighted by atomic mass is 10.0. The Balaban J connectivity index is 5.24. The quantitative estimate of drug-likeness (QED) is 0.0222. The molecule has 0 aromatic carbocycles. The molecule has 0 aliphatic heterocycles. The summed E-state index contributed by atoms with van der Waals surface area (Å²) in [6.07, 6.45) is 55.4. The summed E-state index contributed by atoms with van der Waals surface area (Å²) >= 11 is 0. The average molecular weight is 1400 g/mol. The summed E-state index contributed by atoms with van der Waals surface area (Å²) in [6, 6.07) is 0. The van der Waals surface area contributed by atoms with Gasteiger partial charge in [0.1, 0.15) is 19.3 Å². The van der Waals surface area contributed by atoms with E-state index in [-0.39, 0.29) is 25.7 Å². The molecule has 19 heteroatoms. The molecule has 0 fully saturated rings. The van der Waals surface area contributed by atoms with Gasteiger partial charge in [0.05, 0.1) is 26.4 Å². The van der Waals surface area contributed by atoms with Crippen molar-refractivity contribution in [3.05, 3.63) is 0 Å². The van der Waals surface area contributed by atoms with Crippen LogP contribution in [0.5, 0.6) is 0 Å². The number of phosphoric ester groups is 2. The highest BCUT2D eigenvalue weighted by Gasteiger charge is 2.30. The third-order valence-electron chi connectivity index (χ3n) is 17.7. The van der Waals surface area contributed by atoms with Crippen molar-refractivity contribution in [2.75, 3.05) is 39.6 Å². The molecule has 0 heterocycles. The zero-order valence-electron chi connectivity index (χ0n) is 62.0. The Morgan fingerprint density at radius 3 is 0.716 bits per heavy atom. The van der Waals surface area contributed by atoms with Gasteiger partial charge >= 0.3 is 39.5 Å². The lowest BCUT2D eigenvalue weighted by Crippen LogP contribution is -2.30. The zero-order valence-corrected chi connectivity index (χ0v) is 63.8. The first kappa shape index (κ1) is 93.1. The van der Waals surface area contributed by atoms with Crippen molar-refractivity contribution in [3.63, 3.8) is 0 Å². The third kappa shape index (κ3) is 70.3. The number of phosphoric acid groups is 2. The summed E-state index contributed by atoms with van der Waals surface area (Å²) in [7, 11) is -9.91. The van der Waals surface area contributed by atoms with Crippen LogP contribution in [0.4, 0.5) is 0 Å². The summed E-state index contributed by atoms with van der Waals surface area (Å²) in [5, 5.41) is 10.6. The van der Waals surface area contributed by atoms with E-state index >= 15 is 0 Å². The van der Waals surface area contributed by atoms with Crippen LogP contribution in [0.25, 0.3) is 0 Å². The fourth-order valence-corrected chi connectivity index (χ4v) is 13.2. The van der Waals surface area contributed by atoms with Crippen LogP contribution in [-0.2, 0) is 65.4 Å². The Morgan fingerprint density at radius 2 is 0.484 bits per heavy atom.